The zero-order valence-electron chi connectivity index (χ0n) is 15.9. The molecule has 0 saturated carbocycles. The Hall–Kier alpha value is -2.25. The molecular weight excluding hydrogens is 356 g/mol. The molecular formula is C21H26N4O3. The van der Waals surface area contributed by atoms with Crippen molar-refractivity contribution >= 4 is 17.7 Å². The van der Waals surface area contributed by atoms with Gasteiger partial charge in [-0.25, -0.2) is 0 Å². The minimum absolute atomic E-state index is 0.0930. The summed E-state index contributed by atoms with van der Waals surface area (Å²) in [7, 11) is 0. The highest BCUT2D eigenvalue weighted by atomic mass is 16.2. The lowest BCUT2D eigenvalue weighted by molar-refractivity contribution is -0.136. The van der Waals surface area contributed by atoms with E-state index in [0.29, 0.717) is 37.6 Å². The van der Waals surface area contributed by atoms with Crippen molar-refractivity contribution in [2.75, 3.05) is 0 Å². The molecule has 2 bridgehead atoms. The van der Waals surface area contributed by atoms with Crippen molar-refractivity contribution < 1.29 is 14.4 Å². The second-order valence-electron chi connectivity index (χ2n) is 8.46. The predicted molar refractivity (Wildman–Crippen MR) is 102 cm³/mol. The molecule has 0 aliphatic carbocycles. The van der Waals surface area contributed by atoms with Crippen LogP contribution in [0.25, 0.3) is 0 Å². The maximum atomic E-state index is 13.1. The van der Waals surface area contributed by atoms with Crippen molar-refractivity contribution in [1.29, 1.82) is 0 Å². The molecule has 4 aliphatic rings. The number of carbonyl (C=O) groups excluding carboxylic acids is 3. The van der Waals surface area contributed by atoms with Crippen molar-refractivity contribution in [2.24, 2.45) is 0 Å². The second-order valence-corrected chi connectivity index (χ2v) is 8.46. The molecule has 1 aromatic rings. The van der Waals surface area contributed by atoms with Crippen LogP contribution in [0.4, 0.5) is 0 Å². The highest BCUT2D eigenvalue weighted by Crippen LogP contribution is 2.31. The zero-order valence-corrected chi connectivity index (χ0v) is 15.9. The average Bonchev–Trinajstić information content (AvgIpc) is 3.23. The molecule has 3 amide bonds. The monoisotopic (exact) mass is 382 g/mol. The Morgan fingerprint density at radius 1 is 1.07 bits per heavy atom. The first-order chi connectivity index (χ1) is 13.6. The average molecular weight is 382 g/mol. The SMILES string of the molecule is O=C1CCC(N2Cc3cccc(CNC4CCC5CCC4N5)c3C2=O)C(=O)N1. The van der Waals surface area contributed by atoms with Gasteiger partial charge in [0.1, 0.15) is 6.04 Å². The van der Waals surface area contributed by atoms with Crippen LogP contribution in [0, 0.1) is 0 Å². The standard InChI is InChI=1S/C21H26N4O3/c26-18-9-8-17(20(27)24-18)25-11-13-3-1-2-12(19(13)21(25)28)10-22-15-6-4-14-5-7-16(15)23-14/h1-3,14-17,22-23H,4-11H2,(H,24,26,27). The number of fused-ring (bicyclic) bond motifs is 3. The van der Waals surface area contributed by atoms with Crippen LogP contribution in [0.3, 0.4) is 0 Å². The number of benzene rings is 1. The van der Waals surface area contributed by atoms with Gasteiger partial charge in [0.15, 0.2) is 0 Å². The van der Waals surface area contributed by atoms with Crippen LogP contribution in [0.15, 0.2) is 18.2 Å². The number of hydrogen-bond donors (Lipinski definition) is 3. The third-order valence-corrected chi connectivity index (χ3v) is 6.78. The van der Waals surface area contributed by atoms with Gasteiger partial charge in [0.25, 0.3) is 5.91 Å². The van der Waals surface area contributed by atoms with Gasteiger partial charge in [0, 0.05) is 43.2 Å². The molecule has 148 valence electrons. The second kappa shape index (κ2) is 6.97. The molecule has 4 unspecified atom stereocenters. The van der Waals surface area contributed by atoms with Crippen LogP contribution >= 0.6 is 0 Å². The van der Waals surface area contributed by atoms with Gasteiger partial charge in [0.2, 0.25) is 11.8 Å². The van der Waals surface area contributed by atoms with Crippen molar-refractivity contribution in [1.82, 2.24) is 20.9 Å². The third kappa shape index (κ3) is 3.02. The summed E-state index contributed by atoms with van der Waals surface area (Å²) >= 11 is 0. The van der Waals surface area contributed by atoms with Gasteiger partial charge in [-0.1, -0.05) is 18.2 Å². The first-order valence-electron chi connectivity index (χ1n) is 10.3. The van der Waals surface area contributed by atoms with Gasteiger partial charge >= 0.3 is 0 Å². The lowest BCUT2D eigenvalue weighted by Crippen LogP contribution is -2.52. The van der Waals surface area contributed by atoms with Gasteiger partial charge < -0.3 is 15.5 Å². The summed E-state index contributed by atoms with van der Waals surface area (Å²) in [4.78, 5) is 38.4. The third-order valence-electron chi connectivity index (χ3n) is 6.78. The summed E-state index contributed by atoms with van der Waals surface area (Å²) in [5, 5.41) is 9.71. The van der Waals surface area contributed by atoms with Gasteiger partial charge in [0.05, 0.1) is 0 Å². The van der Waals surface area contributed by atoms with Crippen LogP contribution in [0.2, 0.25) is 0 Å². The molecule has 4 heterocycles. The van der Waals surface area contributed by atoms with Gasteiger partial charge in [-0.05, 0) is 43.2 Å². The molecule has 4 atom stereocenters. The van der Waals surface area contributed by atoms with Crippen LogP contribution < -0.4 is 16.0 Å². The van der Waals surface area contributed by atoms with E-state index in [9.17, 15) is 14.4 Å². The molecule has 0 radical (unpaired) electrons. The minimum Gasteiger partial charge on any atom is -0.322 e. The maximum Gasteiger partial charge on any atom is 0.255 e. The molecule has 0 aromatic heterocycles. The predicted octanol–water partition coefficient (Wildman–Crippen LogP) is 0.820. The highest BCUT2D eigenvalue weighted by Gasteiger charge is 2.40. The van der Waals surface area contributed by atoms with Crippen LogP contribution in [0.1, 0.15) is 60.0 Å². The van der Waals surface area contributed by atoms with Gasteiger partial charge in [-0.3, -0.25) is 19.7 Å². The topological polar surface area (TPSA) is 90.5 Å². The summed E-state index contributed by atoms with van der Waals surface area (Å²) in [5.41, 5.74) is 2.70. The van der Waals surface area contributed by atoms with Crippen LogP contribution in [0.5, 0.6) is 0 Å². The van der Waals surface area contributed by atoms with E-state index in [0.717, 1.165) is 16.7 Å². The van der Waals surface area contributed by atoms with E-state index in [4.69, 9.17) is 0 Å². The Bertz CT molecular complexity index is 839. The number of carbonyl (C=O) groups is 3. The molecule has 4 aliphatic heterocycles. The number of amides is 3. The first kappa shape index (κ1) is 17.8. The number of imide groups is 1. The number of nitrogens with one attached hydrogen (secondary N) is 3. The quantitative estimate of drug-likeness (QED) is 0.671. The molecule has 3 saturated heterocycles. The molecule has 5 rings (SSSR count). The van der Waals surface area contributed by atoms with E-state index in [1.165, 1.54) is 25.7 Å². The van der Waals surface area contributed by atoms with E-state index in [1.54, 1.807) is 4.90 Å². The minimum atomic E-state index is -0.559. The number of nitrogens with zero attached hydrogens (tertiary/aromatic N) is 1. The Kier molecular flexibility index (Phi) is 4.44. The lowest BCUT2D eigenvalue weighted by atomic mass is 9.98. The molecule has 28 heavy (non-hydrogen) atoms. The Morgan fingerprint density at radius 2 is 1.93 bits per heavy atom. The van der Waals surface area contributed by atoms with Gasteiger partial charge in [-0.2, -0.15) is 0 Å². The van der Waals surface area contributed by atoms with Crippen molar-refractivity contribution in [3.8, 4) is 0 Å². The van der Waals surface area contributed by atoms with E-state index >= 15 is 0 Å². The summed E-state index contributed by atoms with van der Waals surface area (Å²) < 4.78 is 0. The Labute approximate surface area is 164 Å². The lowest BCUT2D eigenvalue weighted by Gasteiger charge is -2.31. The smallest absolute Gasteiger partial charge is 0.255 e. The Morgan fingerprint density at radius 3 is 2.79 bits per heavy atom. The summed E-state index contributed by atoms with van der Waals surface area (Å²) in [6.45, 7) is 1.09. The van der Waals surface area contributed by atoms with Crippen molar-refractivity contribution in [3.05, 3.63) is 34.9 Å². The zero-order chi connectivity index (χ0) is 19.3. The van der Waals surface area contributed by atoms with E-state index in [1.807, 2.05) is 18.2 Å². The Balaban J connectivity index is 1.31. The van der Waals surface area contributed by atoms with E-state index in [-0.39, 0.29) is 24.1 Å². The molecule has 3 N–H and O–H groups in total. The van der Waals surface area contributed by atoms with E-state index in [2.05, 4.69) is 16.0 Å². The number of hydrogen-bond acceptors (Lipinski definition) is 5. The number of rotatable bonds is 4. The molecule has 7 nitrogen and oxygen atoms in total. The normalized spacial score (nSPS) is 31.9. The molecule has 0 spiro atoms. The first-order valence-corrected chi connectivity index (χ1v) is 10.3. The van der Waals surface area contributed by atoms with Crippen molar-refractivity contribution in [2.45, 2.75) is 75.8 Å². The van der Waals surface area contributed by atoms with Gasteiger partial charge in [-0.15, -0.1) is 0 Å². The fourth-order valence-corrected chi connectivity index (χ4v) is 5.30. The summed E-state index contributed by atoms with van der Waals surface area (Å²) in [6.07, 6.45) is 5.55. The maximum absolute atomic E-state index is 13.1. The fourth-order valence-electron chi connectivity index (χ4n) is 5.30. The van der Waals surface area contributed by atoms with Crippen LogP contribution in [-0.4, -0.2) is 46.8 Å². The molecule has 3 fully saturated rings. The largest absolute Gasteiger partial charge is 0.322 e. The highest BCUT2D eigenvalue weighted by molar-refractivity contribution is 6.05. The van der Waals surface area contributed by atoms with Crippen molar-refractivity contribution in [3.63, 3.8) is 0 Å². The summed E-state index contributed by atoms with van der Waals surface area (Å²) in [5.74, 6) is -0.712. The van der Waals surface area contributed by atoms with E-state index < -0.39 is 6.04 Å². The fraction of sp³-hybridized carbons (Fsp3) is 0.571. The molecule has 7 heteroatoms. The number of piperidine rings is 2. The molecule has 1 aromatic carbocycles. The van der Waals surface area contributed by atoms with Crippen LogP contribution in [-0.2, 0) is 22.7 Å². The summed E-state index contributed by atoms with van der Waals surface area (Å²) in [6, 6.07) is 7.06.